The minimum Gasteiger partial charge on any atom is -0.352 e. The Morgan fingerprint density at radius 3 is 2.40 bits per heavy atom. The molecule has 3 rings (SSSR count). The second-order valence-electron chi connectivity index (χ2n) is 9.03. The van der Waals surface area contributed by atoms with E-state index in [1.165, 1.54) is 4.90 Å². The van der Waals surface area contributed by atoms with Gasteiger partial charge < -0.3 is 10.2 Å². The molecule has 2 amide bonds. The van der Waals surface area contributed by atoms with Crippen molar-refractivity contribution in [2.24, 2.45) is 0 Å². The number of rotatable bonds is 9. The first kappa shape index (κ1) is 27.3. The van der Waals surface area contributed by atoms with E-state index in [0.29, 0.717) is 21.3 Å². The minimum absolute atomic E-state index is 0.0273. The molecule has 190 valence electrons. The van der Waals surface area contributed by atoms with E-state index in [2.05, 4.69) is 5.32 Å². The van der Waals surface area contributed by atoms with Crippen LogP contribution in [0.25, 0.3) is 0 Å². The fraction of sp³-hybridized carbons (Fsp3) is 0.440. The Hall–Kier alpha value is -2.29. The van der Waals surface area contributed by atoms with E-state index >= 15 is 0 Å². The van der Waals surface area contributed by atoms with Crippen LogP contribution in [0.15, 0.2) is 42.5 Å². The monoisotopic (exact) mass is 539 g/mol. The normalized spacial score (nSPS) is 15.0. The molecular weight excluding hydrogens is 509 g/mol. The molecule has 2 aromatic rings. The fourth-order valence-electron chi connectivity index (χ4n) is 4.20. The lowest BCUT2D eigenvalue weighted by Crippen LogP contribution is -2.52. The second kappa shape index (κ2) is 11.6. The molecule has 1 unspecified atom stereocenters. The molecule has 1 aliphatic rings. The number of benzene rings is 2. The smallest absolute Gasteiger partial charge is 0.244 e. The molecule has 0 spiro atoms. The van der Waals surface area contributed by atoms with Crippen LogP contribution in [0.2, 0.25) is 10.0 Å². The maximum absolute atomic E-state index is 13.6. The number of aryl methyl sites for hydroxylation is 1. The summed E-state index contributed by atoms with van der Waals surface area (Å²) in [6.45, 7) is 3.06. The lowest BCUT2D eigenvalue weighted by molar-refractivity contribution is -0.139. The van der Waals surface area contributed by atoms with Gasteiger partial charge in [-0.05, 0) is 62.1 Å². The van der Waals surface area contributed by atoms with Crippen molar-refractivity contribution in [3.63, 3.8) is 0 Å². The van der Waals surface area contributed by atoms with Crippen LogP contribution >= 0.6 is 23.2 Å². The third kappa shape index (κ3) is 7.35. The van der Waals surface area contributed by atoms with Crippen LogP contribution in [0.4, 0.5) is 5.69 Å². The third-order valence-corrected chi connectivity index (χ3v) is 7.92. The SMILES string of the molecule is Cc1cccc(N(CC(=O)N(Cc2ccc(Cl)cc2Cl)C(C)C(=O)NC2CCCC2)S(C)(=O)=O)c1. The van der Waals surface area contributed by atoms with Gasteiger partial charge in [-0.25, -0.2) is 8.42 Å². The van der Waals surface area contributed by atoms with Crippen molar-refractivity contribution >= 4 is 50.7 Å². The molecule has 10 heteroatoms. The third-order valence-electron chi connectivity index (χ3n) is 6.19. The van der Waals surface area contributed by atoms with Crippen LogP contribution in [0.1, 0.15) is 43.7 Å². The molecular formula is C25H31Cl2N3O4S. The summed E-state index contributed by atoms with van der Waals surface area (Å²) < 4.78 is 26.3. The number of hydrogen-bond acceptors (Lipinski definition) is 4. The van der Waals surface area contributed by atoms with E-state index in [1.807, 2.05) is 13.0 Å². The summed E-state index contributed by atoms with van der Waals surface area (Å²) in [5.74, 6) is -0.797. The number of nitrogens with one attached hydrogen (secondary N) is 1. The molecule has 1 N–H and O–H groups in total. The molecule has 7 nitrogen and oxygen atoms in total. The number of nitrogens with zero attached hydrogens (tertiary/aromatic N) is 2. The topological polar surface area (TPSA) is 86.8 Å². The van der Waals surface area contributed by atoms with Gasteiger partial charge in [-0.15, -0.1) is 0 Å². The average molecular weight is 541 g/mol. The predicted molar refractivity (Wildman–Crippen MR) is 140 cm³/mol. The Labute approximate surface area is 217 Å². The zero-order valence-corrected chi connectivity index (χ0v) is 22.5. The number of halogens is 2. The van der Waals surface area contributed by atoms with Crippen LogP contribution in [0, 0.1) is 6.92 Å². The van der Waals surface area contributed by atoms with E-state index in [0.717, 1.165) is 41.8 Å². The molecule has 1 fully saturated rings. The molecule has 0 radical (unpaired) electrons. The molecule has 1 saturated carbocycles. The first-order chi connectivity index (χ1) is 16.5. The highest BCUT2D eigenvalue weighted by Crippen LogP contribution is 2.25. The number of amides is 2. The van der Waals surface area contributed by atoms with Gasteiger partial charge in [0.05, 0.1) is 11.9 Å². The quantitative estimate of drug-likeness (QED) is 0.506. The summed E-state index contributed by atoms with van der Waals surface area (Å²) in [6.07, 6.45) is 4.98. The number of anilines is 1. The first-order valence-corrected chi connectivity index (χ1v) is 14.1. The standard InChI is InChI=1S/C25H31Cl2N3O4S/c1-17-7-6-10-22(13-17)30(35(3,33)34)16-24(31)29(15-19-11-12-20(26)14-23(19)27)18(2)25(32)28-21-8-4-5-9-21/h6-7,10-14,18,21H,4-5,8-9,15-16H2,1-3H3,(H,28,32). The van der Waals surface area contributed by atoms with E-state index in [1.54, 1.807) is 43.3 Å². The highest BCUT2D eigenvalue weighted by molar-refractivity contribution is 7.92. The van der Waals surface area contributed by atoms with Crippen LogP contribution in [0.3, 0.4) is 0 Å². The van der Waals surface area contributed by atoms with Crippen LogP contribution < -0.4 is 9.62 Å². The van der Waals surface area contributed by atoms with Crippen molar-refractivity contribution in [1.29, 1.82) is 0 Å². The number of sulfonamides is 1. The highest BCUT2D eigenvalue weighted by Gasteiger charge is 2.31. The van der Waals surface area contributed by atoms with Crippen molar-refractivity contribution in [3.8, 4) is 0 Å². The molecule has 0 bridgehead atoms. The zero-order valence-electron chi connectivity index (χ0n) is 20.1. The van der Waals surface area contributed by atoms with Gasteiger partial charge in [-0.2, -0.15) is 0 Å². The largest absolute Gasteiger partial charge is 0.352 e. The van der Waals surface area contributed by atoms with Crippen LogP contribution in [0.5, 0.6) is 0 Å². The van der Waals surface area contributed by atoms with Gasteiger partial charge in [-0.1, -0.05) is 54.2 Å². The van der Waals surface area contributed by atoms with Gasteiger partial charge in [0.2, 0.25) is 21.8 Å². The zero-order chi connectivity index (χ0) is 25.8. The van der Waals surface area contributed by atoms with Crippen molar-refractivity contribution in [2.75, 3.05) is 17.1 Å². The minimum atomic E-state index is -3.77. The van der Waals surface area contributed by atoms with Crippen LogP contribution in [-0.2, 0) is 26.2 Å². The first-order valence-electron chi connectivity index (χ1n) is 11.5. The number of carbonyl (C=O) groups is 2. The van der Waals surface area contributed by atoms with Gasteiger partial charge in [0, 0.05) is 22.6 Å². The average Bonchev–Trinajstić information content (AvgIpc) is 3.28. The molecule has 0 saturated heterocycles. The molecule has 0 heterocycles. The predicted octanol–water partition coefficient (Wildman–Crippen LogP) is 4.54. The summed E-state index contributed by atoms with van der Waals surface area (Å²) in [5.41, 5.74) is 1.84. The summed E-state index contributed by atoms with van der Waals surface area (Å²) in [6, 6.07) is 11.1. The highest BCUT2D eigenvalue weighted by atomic mass is 35.5. The lowest BCUT2D eigenvalue weighted by atomic mass is 10.1. The fourth-order valence-corrected chi connectivity index (χ4v) is 5.51. The van der Waals surface area contributed by atoms with Crippen LogP contribution in [-0.4, -0.2) is 50.0 Å². The van der Waals surface area contributed by atoms with Gasteiger partial charge in [0.1, 0.15) is 12.6 Å². The summed E-state index contributed by atoms with van der Waals surface area (Å²) in [4.78, 5) is 28.0. The van der Waals surface area contributed by atoms with Crippen molar-refractivity contribution in [2.45, 2.75) is 58.2 Å². The van der Waals surface area contributed by atoms with Gasteiger partial charge >= 0.3 is 0 Å². The van der Waals surface area contributed by atoms with E-state index < -0.39 is 28.5 Å². The van der Waals surface area contributed by atoms with Crippen molar-refractivity contribution in [1.82, 2.24) is 10.2 Å². The summed E-state index contributed by atoms with van der Waals surface area (Å²) >= 11 is 12.4. The molecule has 35 heavy (non-hydrogen) atoms. The van der Waals surface area contributed by atoms with Crippen molar-refractivity contribution < 1.29 is 18.0 Å². The van der Waals surface area contributed by atoms with Crippen molar-refractivity contribution in [3.05, 3.63) is 63.6 Å². The van der Waals surface area contributed by atoms with Gasteiger partial charge in [-0.3, -0.25) is 13.9 Å². The molecule has 2 aromatic carbocycles. The Morgan fingerprint density at radius 1 is 1.11 bits per heavy atom. The second-order valence-corrected chi connectivity index (χ2v) is 11.8. The van der Waals surface area contributed by atoms with Gasteiger partial charge in [0.15, 0.2) is 0 Å². The Bertz CT molecular complexity index is 1180. The maximum Gasteiger partial charge on any atom is 0.244 e. The molecule has 1 aliphatic carbocycles. The van der Waals surface area contributed by atoms with E-state index in [9.17, 15) is 18.0 Å². The molecule has 0 aliphatic heterocycles. The molecule has 1 atom stereocenters. The Balaban J connectivity index is 1.90. The van der Waals surface area contributed by atoms with E-state index in [4.69, 9.17) is 23.2 Å². The number of hydrogen-bond donors (Lipinski definition) is 1. The Kier molecular flexibility index (Phi) is 9.07. The summed E-state index contributed by atoms with van der Waals surface area (Å²) in [5, 5.41) is 3.84. The van der Waals surface area contributed by atoms with E-state index in [-0.39, 0.29) is 18.5 Å². The lowest BCUT2D eigenvalue weighted by Gasteiger charge is -2.32. The molecule has 0 aromatic heterocycles. The maximum atomic E-state index is 13.6. The Morgan fingerprint density at radius 2 is 1.80 bits per heavy atom. The summed E-state index contributed by atoms with van der Waals surface area (Å²) in [7, 11) is -3.77. The number of carbonyl (C=O) groups excluding carboxylic acids is 2. The van der Waals surface area contributed by atoms with Gasteiger partial charge in [0.25, 0.3) is 0 Å².